The summed E-state index contributed by atoms with van der Waals surface area (Å²) in [5.74, 6) is 1.19. The van der Waals surface area contributed by atoms with E-state index in [0.29, 0.717) is 5.92 Å². The lowest BCUT2D eigenvalue weighted by atomic mass is 9.98. The minimum Gasteiger partial charge on any atom is -0.330 e. The molecule has 2 N–H and O–H groups in total. The number of halogens is 1. The Morgan fingerprint density at radius 2 is 2.21 bits per heavy atom. The van der Waals surface area contributed by atoms with Gasteiger partial charge in [0.05, 0.1) is 5.69 Å². The second-order valence-corrected chi connectivity index (χ2v) is 5.42. The molecule has 2 aromatic rings. The van der Waals surface area contributed by atoms with Gasteiger partial charge in [-0.2, -0.15) is 0 Å². The summed E-state index contributed by atoms with van der Waals surface area (Å²) in [5.41, 5.74) is 8.85. The van der Waals surface area contributed by atoms with Crippen LogP contribution in [-0.2, 0) is 6.54 Å². The standard InChI is InChI=1S/C15H18FN3/c1-9-6-13(17)8-19-10(2)14(18-15(9)19)11-4-3-5-12(16)7-11/h3-5,7,9,13H,6,8,17H2,1-2H3. The summed E-state index contributed by atoms with van der Waals surface area (Å²) in [4.78, 5) is 4.72. The summed E-state index contributed by atoms with van der Waals surface area (Å²) in [6.07, 6.45) is 0.957. The van der Waals surface area contributed by atoms with Crippen LogP contribution in [-0.4, -0.2) is 15.6 Å². The Labute approximate surface area is 112 Å². The molecule has 100 valence electrons. The van der Waals surface area contributed by atoms with Crippen LogP contribution in [0.15, 0.2) is 24.3 Å². The van der Waals surface area contributed by atoms with Crippen LogP contribution in [0.25, 0.3) is 11.3 Å². The van der Waals surface area contributed by atoms with Crippen molar-refractivity contribution in [2.24, 2.45) is 5.73 Å². The number of fused-ring (bicyclic) bond motifs is 1. The molecule has 2 heterocycles. The molecule has 1 aliphatic rings. The Morgan fingerprint density at radius 1 is 1.42 bits per heavy atom. The van der Waals surface area contributed by atoms with Crippen LogP contribution in [0.4, 0.5) is 4.39 Å². The van der Waals surface area contributed by atoms with Gasteiger partial charge in [0.15, 0.2) is 0 Å². The van der Waals surface area contributed by atoms with Crippen molar-refractivity contribution in [3.8, 4) is 11.3 Å². The molecule has 0 spiro atoms. The lowest BCUT2D eigenvalue weighted by Gasteiger charge is -2.26. The predicted octanol–water partition coefficient (Wildman–Crippen LogP) is 2.83. The number of hydrogen-bond donors (Lipinski definition) is 1. The van der Waals surface area contributed by atoms with Gasteiger partial charge in [0.2, 0.25) is 0 Å². The van der Waals surface area contributed by atoms with Gasteiger partial charge in [-0.25, -0.2) is 9.37 Å². The van der Waals surface area contributed by atoms with Crippen molar-refractivity contribution in [1.82, 2.24) is 9.55 Å². The number of benzene rings is 1. The van der Waals surface area contributed by atoms with Crippen molar-refractivity contribution >= 4 is 0 Å². The van der Waals surface area contributed by atoms with E-state index in [1.165, 1.54) is 12.1 Å². The van der Waals surface area contributed by atoms with E-state index < -0.39 is 0 Å². The minimum atomic E-state index is -0.229. The zero-order valence-electron chi connectivity index (χ0n) is 11.2. The third kappa shape index (κ3) is 2.06. The second-order valence-electron chi connectivity index (χ2n) is 5.42. The highest BCUT2D eigenvalue weighted by Crippen LogP contribution is 2.32. The van der Waals surface area contributed by atoms with Gasteiger partial charge in [0.25, 0.3) is 0 Å². The van der Waals surface area contributed by atoms with Crippen LogP contribution < -0.4 is 5.73 Å². The minimum absolute atomic E-state index is 0.177. The molecule has 0 radical (unpaired) electrons. The molecule has 19 heavy (non-hydrogen) atoms. The maximum Gasteiger partial charge on any atom is 0.123 e. The number of nitrogens with zero attached hydrogens (tertiary/aromatic N) is 2. The lowest BCUT2D eigenvalue weighted by Crippen LogP contribution is -2.34. The Bertz CT molecular complexity index is 618. The number of hydrogen-bond acceptors (Lipinski definition) is 2. The Kier molecular flexibility index (Phi) is 2.90. The number of imidazole rings is 1. The van der Waals surface area contributed by atoms with E-state index in [0.717, 1.165) is 35.7 Å². The van der Waals surface area contributed by atoms with Gasteiger partial charge < -0.3 is 10.3 Å². The average Bonchev–Trinajstić information content (AvgIpc) is 2.68. The average molecular weight is 259 g/mol. The molecule has 0 saturated carbocycles. The summed E-state index contributed by atoms with van der Waals surface area (Å²) in [7, 11) is 0. The molecule has 1 aliphatic heterocycles. The Hall–Kier alpha value is -1.68. The van der Waals surface area contributed by atoms with E-state index in [9.17, 15) is 4.39 Å². The molecule has 2 atom stereocenters. The first-order valence-corrected chi connectivity index (χ1v) is 6.65. The first-order valence-electron chi connectivity index (χ1n) is 6.65. The smallest absolute Gasteiger partial charge is 0.123 e. The van der Waals surface area contributed by atoms with Crippen LogP contribution in [0.1, 0.15) is 30.8 Å². The van der Waals surface area contributed by atoms with Crippen LogP contribution >= 0.6 is 0 Å². The third-order valence-corrected chi connectivity index (χ3v) is 3.86. The van der Waals surface area contributed by atoms with Gasteiger partial charge in [0, 0.05) is 29.8 Å². The van der Waals surface area contributed by atoms with Gasteiger partial charge in [-0.1, -0.05) is 19.1 Å². The molecule has 1 aromatic heterocycles. The predicted molar refractivity (Wildman–Crippen MR) is 73.4 cm³/mol. The number of rotatable bonds is 1. The normalized spacial score (nSPS) is 22.3. The van der Waals surface area contributed by atoms with Crippen LogP contribution in [0.2, 0.25) is 0 Å². The van der Waals surface area contributed by atoms with Crippen molar-refractivity contribution in [3.05, 3.63) is 41.6 Å². The fourth-order valence-electron chi connectivity index (χ4n) is 2.94. The molecule has 3 rings (SSSR count). The highest BCUT2D eigenvalue weighted by molar-refractivity contribution is 5.62. The van der Waals surface area contributed by atoms with Crippen molar-refractivity contribution in [2.75, 3.05) is 0 Å². The monoisotopic (exact) mass is 259 g/mol. The largest absolute Gasteiger partial charge is 0.330 e. The quantitative estimate of drug-likeness (QED) is 0.855. The van der Waals surface area contributed by atoms with E-state index in [1.807, 2.05) is 13.0 Å². The summed E-state index contributed by atoms with van der Waals surface area (Å²) < 4.78 is 15.5. The summed E-state index contributed by atoms with van der Waals surface area (Å²) >= 11 is 0. The highest BCUT2D eigenvalue weighted by atomic mass is 19.1. The van der Waals surface area contributed by atoms with E-state index in [-0.39, 0.29) is 11.9 Å². The zero-order valence-corrected chi connectivity index (χ0v) is 11.2. The van der Waals surface area contributed by atoms with Crippen molar-refractivity contribution in [1.29, 1.82) is 0 Å². The molecule has 0 fully saturated rings. The van der Waals surface area contributed by atoms with Gasteiger partial charge >= 0.3 is 0 Å². The van der Waals surface area contributed by atoms with Crippen molar-refractivity contribution in [3.63, 3.8) is 0 Å². The lowest BCUT2D eigenvalue weighted by molar-refractivity contribution is 0.403. The van der Waals surface area contributed by atoms with E-state index in [4.69, 9.17) is 10.7 Å². The van der Waals surface area contributed by atoms with E-state index in [1.54, 1.807) is 6.07 Å². The molecule has 0 aliphatic carbocycles. The first kappa shape index (κ1) is 12.4. The first-order chi connectivity index (χ1) is 9.06. The van der Waals surface area contributed by atoms with Crippen molar-refractivity contribution < 1.29 is 4.39 Å². The van der Waals surface area contributed by atoms with Gasteiger partial charge in [0.1, 0.15) is 11.6 Å². The summed E-state index contributed by atoms with van der Waals surface area (Å²) in [6.45, 7) is 4.97. The molecule has 2 unspecified atom stereocenters. The van der Waals surface area contributed by atoms with Crippen LogP contribution in [0.5, 0.6) is 0 Å². The Balaban J connectivity index is 2.12. The maximum atomic E-state index is 13.4. The molecule has 1 aromatic carbocycles. The van der Waals surface area contributed by atoms with E-state index >= 15 is 0 Å². The molecule has 0 saturated heterocycles. The number of aromatic nitrogens is 2. The van der Waals surface area contributed by atoms with Gasteiger partial charge in [-0.05, 0) is 25.5 Å². The zero-order chi connectivity index (χ0) is 13.6. The molecule has 4 heteroatoms. The molecule has 3 nitrogen and oxygen atoms in total. The molecule has 0 bridgehead atoms. The summed E-state index contributed by atoms with van der Waals surface area (Å²) in [6, 6.07) is 6.78. The maximum absolute atomic E-state index is 13.4. The van der Waals surface area contributed by atoms with Crippen LogP contribution in [0, 0.1) is 12.7 Å². The van der Waals surface area contributed by atoms with Crippen LogP contribution in [0.3, 0.4) is 0 Å². The topological polar surface area (TPSA) is 43.8 Å². The van der Waals surface area contributed by atoms with Crippen molar-refractivity contribution in [2.45, 2.75) is 38.8 Å². The number of nitrogens with two attached hydrogens (primary N) is 1. The second kappa shape index (κ2) is 4.46. The fourth-order valence-corrected chi connectivity index (χ4v) is 2.94. The van der Waals surface area contributed by atoms with Gasteiger partial charge in [-0.3, -0.25) is 0 Å². The fraction of sp³-hybridized carbons (Fsp3) is 0.400. The van der Waals surface area contributed by atoms with Gasteiger partial charge in [-0.15, -0.1) is 0 Å². The molecular formula is C15H18FN3. The molecular weight excluding hydrogens is 241 g/mol. The third-order valence-electron chi connectivity index (χ3n) is 3.86. The highest BCUT2D eigenvalue weighted by Gasteiger charge is 2.26. The van der Waals surface area contributed by atoms with E-state index in [2.05, 4.69) is 11.5 Å². The SMILES string of the molecule is Cc1c(-c2cccc(F)c2)nc2n1CC(N)CC2C. The Morgan fingerprint density at radius 3 is 2.95 bits per heavy atom. The molecule has 0 amide bonds. The summed E-state index contributed by atoms with van der Waals surface area (Å²) in [5, 5.41) is 0.